The molecule has 1 aromatic heterocycles. The van der Waals surface area contributed by atoms with E-state index >= 15 is 0 Å². The van der Waals surface area contributed by atoms with Crippen molar-refractivity contribution in [2.45, 2.75) is 6.18 Å². The molecule has 2 rings (SSSR count). The number of halogens is 4. The van der Waals surface area contributed by atoms with E-state index in [0.717, 1.165) is 6.07 Å². The number of hydrogen-bond donors (Lipinski definition) is 1. The first-order valence-corrected chi connectivity index (χ1v) is 5.32. The van der Waals surface area contributed by atoms with E-state index < -0.39 is 17.3 Å². The van der Waals surface area contributed by atoms with Crippen LogP contribution in [0.4, 0.5) is 13.2 Å². The molecule has 0 amide bonds. The Morgan fingerprint density at radius 1 is 1.17 bits per heavy atom. The molecule has 94 valence electrons. The first-order valence-electron chi connectivity index (χ1n) is 4.94. The summed E-state index contributed by atoms with van der Waals surface area (Å²) in [5.41, 5.74) is -1.12. The third-order valence-corrected chi connectivity index (χ3v) is 2.68. The van der Waals surface area contributed by atoms with Gasteiger partial charge in [-0.05, 0) is 17.7 Å². The van der Waals surface area contributed by atoms with Gasteiger partial charge in [-0.25, -0.2) is 0 Å². The molecule has 0 unspecified atom stereocenters. The average Bonchev–Trinajstić information content (AvgIpc) is 2.32. The molecule has 2 nitrogen and oxygen atoms in total. The topological polar surface area (TPSA) is 32.9 Å². The van der Waals surface area contributed by atoms with Gasteiger partial charge in [-0.1, -0.05) is 29.8 Å². The molecule has 2 aromatic rings. The number of hydrogen-bond acceptors (Lipinski definition) is 1. The second-order valence-corrected chi connectivity index (χ2v) is 4.02. The van der Waals surface area contributed by atoms with Crippen molar-refractivity contribution in [3.63, 3.8) is 0 Å². The molecular formula is C12H7ClF3NO. The van der Waals surface area contributed by atoms with Crippen molar-refractivity contribution in [1.82, 2.24) is 4.98 Å². The van der Waals surface area contributed by atoms with Crippen molar-refractivity contribution in [2.24, 2.45) is 0 Å². The minimum absolute atomic E-state index is 0.0249. The minimum Gasteiger partial charge on any atom is -0.327 e. The molecule has 0 saturated carbocycles. The summed E-state index contributed by atoms with van der Waals surface area (Å²) >= 11 is 5.61. The van der Waals surface area contributed by atoms with Crippen LogP contribution in [0.25, 0.3) is 11.1 Å². The molecule has 0 atom stereocenters. The number of pyridine rings is 1. The number of aromatic nitrogens is 1. The van der Waals surface area contributed by atoms with Crippen LogP contribution in [-0.2, 0) is 6.18 Å². The van der Waals surface area contributed by atoms with Crippen LogP contribution < -0.4 is 5.56 Å². The molecular weight excluding hydrogens is 267 g/mol. The Morgan fingerprint density at radius 3 is 2.44 bits per heavy atom. The molecule has 0 saturated heterocycles. The zero-order valence-electron chi connectivity index (χ0n) is 8.88. The number of alkyl halides is 3. The van der Waals surface area contributed by atoms with Gasteiger partial charge >= 0.3 is 6.18 Å². The molecule has 0 radical (unpaired) electrons. The lowest BCUT2D eigenvalue weighted by atomic mass is 10.0. The van der Waals surface area contributed by atoms with E-state index in [0.29, 0.717) is 0 Å². The lowest BCUT2D eigenvalue weighted by Crippen LogP contribution is -2.09. The number of aromatic amines is 1. The Hall–Kier alpha value is -1.75. The van der Waals surface area contributed by atoms with Gasteiger partial charge in [0, 0.05) is 11.8 Å². The third-order valence-electron chi connectivity index (χ3n) is 2.40. The summed E-state index contributed by atoms with van der Waals surface area (Å²) < 4.78 is 38.4. The summed E-state index contributed by atoms with van der Waals surface area (Å²) in [4.78, 5) is 13.4. The molecule has 0 aliphatic heterocycles. The number of nitrogens with one attached hydrogen (secondary N) is 1. The van der Waals surface area contributed by atoms with E-state index in [9.17, 15) is 18.0 Å². The van der Waals surface area contributed by atoms with Crippen LogP contribution in [0.15, 0.2) is 41.3 Å². The molecule has 0 bridgehead atoms. The van der Waals surface area contributed by atoms with Crippen LogP contribution in [0, 0.1) is 0 Å². The summed E-state index contributed by atoms with van der Waals surface area (Å²) in [5, 5.41) is -0.149. The van der Waals surface area contributed by atoms with Crippen LogP contribution in [0.5, 0.6) is 0 Å². The molecule has 0 aliphatic carbocycles. The van der Waals surface area contributed by atoms with E-state index in [4.69, 9.17) is 11.6 Å². The highest BCUT2D eigenvalue weighted by Crippen LogP contribution is 2.36. The quantitative estimate of drug-likeness (QED) is 0.844. The Bertz CT molecular complexity index is 634. The maximum absolute atomic E-state index is 12.8. The van der Waals surface area contributed by atoms with Crippen molar-refractivity contribution < 1.29 is 13.2 Å². The average molecular weight is 274 g/mol. The first-order chi connectivity index (χ1) is 8.39. The van der Waals surface area contributed by atoms with Crippen LogP contribution in [0.2, 0.25) is 5.02 Å². The Labute approximate surface area is 105 Å². The van der Waals surface area contributed by atoms with E-state index in [1.54, 1.807) is 0 Å². The molecule has 0 fully saturated rings. The van der Waals surface area contributed by atoms with Crippen molar-refractivity contribution in [2.75, 3.05) is 0 Å². The van der Waals surface area contributed by atoms with Gasteiger partial charge in [0.15, 0.2) is 0 Å². The summed E-state index contributed by atoms with van der Waals surface area (Å²) in [7, 11) is 0. The van der Waals surface area contributed by atoms with Crippen molar-refractivity contribution in [1.29, 1.82) is 0 Å². The fourth-order valence-electron chi connectivity index (χ4n) is 1.59. The zero-order valence-corrected chi connectivity index (χ0v) is 9.64. The predicted octanol–water partition coefficient (Wildman–Crippen LogP) is 3.71. The lowest BCUT2D eigenvalue weighted by Gasteiger charge is -2.12. The maximum atomic E-state index is 12.8. The lowest BCUT2D eigenvalue weighted by molar-refractivity contribution is -0.137. The molecule has 0 aliphatic rings. The largest absolute Gasteiger partial charge is 0.417 e. The van der Waals surface area contributed by atoms with Gasteiger partial charge in [0.05, 0.1) is 5.56 Å². The van der Waals surface area contributed by atoms with E-state index in [1.807, 2.05) is 0 Å². The molecule has 0 spiro atoms. The second kappa shape index (κ2) is 4.49. The number of rotatable bonds is 1. The van der Waals surface area contributed by atoms with Crippen molar-refractivity contribution >= 4 is 11.6 Å². The number of benzene rings is 1. The van der Waals surface area contributed by atoms with Crippen molar-refractivity contribution in [3.05, 3.63) is 57.5 Å². The second-order valence-electron chi connectivity index (χ2n) is 3.61. The van der Waals surface area contributed by atoms with E-state index in [-0.39, 0.29) is 16.1 Å². The number of H-pyrrole nitrogens is 1. The zero-order chi connectivity index (χ0) is 13.3. The van der Waals surface area contributed by atoms with Gasteiger partial charge in [-0.2, -0.15) is 13.2 Å². The molecule has 1 heterocycles. The molecule has 18 heavy (non-hydrogen) atoms. The summed E-state index contributed by atoms with van der Waals surface area (Å²) in [6, 6.07) is 6.31. The van der Waals surface area contributed by atoms with Gasteiger partial charge in [0.25, 0.3) is 5.56 Å². The fourth-order valence-corrected chi connectivity index (χ4v) is 1.77. The Morgan fingerprint density at radius 2 is 1.83 bits per heavy atom. The minimum atomic E-state index is -4.46. The summed E-state index contributed by atoms with van der Waals surface area (Å²) in [5.74, 6) is 0. The van der Waals surface area contributed by atoms with E-state index in [2.05, 4.69) is 4.98 Å². The van der Waals surface area contributed by atoms with Crippen LogP contribution in [0.1, 0.15) is 5.56 Å². The highest BCUT2D eigenvalue weighted by Gasteiger charge is 2.33. The van der Waals surface area contributed by atoms with Gasteiger partial charge in [-0.15, -0.1) is 0 Å². The maximum Gasteiger partial charge on any atom is 0.417 e. The smallest absolute Gasteiger partial charge is 0.327 e. The Balaban J connectivity index is 2.64. The summed E-state index contributed by atoms with van der Waals surface area (Å²) in [6.07, 6.45) is -3.25. The highest BCUT2D eigenvalue weighted by atomic mass is 35.5. The molecule has 1 N–H and O–H groups in total. The van der Waals surface area contributed by atoms with E-state index in [1.165, 1.54) is 30.5 Å². The predicted molar refractivity (Wildman–Crippen MR) is 62.5 cm³/mol. The highest BCUT2D eigenvalue weighted by molar-refractivity contribution is 6.30. The first kappa shape index (κ1) is 12.7. The van der Waals surface area contributed by atoms with Crippen LogP contribution in [0.3, 0.4) is 0 Å². The standard InChI is InChI=1S/C12H7ClF3NO/c13-10-5-7(6-17-11(10)18)8-3-1-2-4-9(8)12(14,15)16/h1-6H,(H,17,18). The monoisotopic (exact) mass is 273 g/mol. The van der Waals surface area contributed by atoms with Crippen molar-refractivity contribution in [3.8, 4) is 11.1 Å². The normalized spacial score (nSPS) is 11.6. The van der Waals surface area contributed by atoms with Gasteiger partial charge in [0.2, 0.25) is 0 Å². The fraction of sp³-hybridized carbons (Fsp3) is 0.0833. The van der Waals surface area contributed by atoms with Gasteiger partial charge in [-0.3, -0.25) is 4.79 Å². The van der Waals surface area contributed by atoms with Crippen LogP contribution >= 0.6 is 11.6 Å². The third kappa shape index (κ3) is 2.41. The molecule has 1 aromatic carbocycles. The molecule has 6 heteroatoms. The Kier molecular flexibility index (Phi) is 3.17. The summed E-state index contributed by atoms with van der Waals surface area (Å²) in [6.45, 7) is 0. The van der Waals surface area contributed by atoms with Crippen LogP contribution in [-0.4, -0.2) is 4.98 Å². The van der Waals surface area contributed by atoms with Gasteiger partial charge in [0.1, 0.15) is 5.02 Å². The SMILES string of the molecule is O=c1[nH]cc(-c2ccccc2C(F)(F)F)cc1Cl. The van der Waals surface area contributed by atoms with Gasteiger partial charge < -0.3 is 4.98 Å².